The van der Waals surface area contributed by atoms with E-state index in [-0.39, 0.29) is 24.1 Å². The summed E-state index contributed by atoms with van der Waals surface area (Å²) in [4.78, 5) is 24.7. The van der Waals surface area contributed by atoms with Crippen LogP contribution >= 0.6 is 11.8 Å². The average Bonchev–Trinajstić information content (AvgIpc) is 3.16. The molecule has 0 aliphatic heterocycles. The van der Waals surface area contributed by atoms with Crippen LogP contribution in [0.3, 0.4) is 0 Å². The van der Waals surface area contributed by atoms with Gasteiger partial charge < -0.3 is 15.2 Å². The maximum Gasteiger partial charge on any atom is 0.251 e. The van der Waals surface area contributed by atoms with Gasteiger partial charge in [0.25, 0.3) is 5.91 Å². The number of benzene rings is 3. The lowest BCUT2D eigenvalue weighted by Gasteiger charge is -2.09. The van der Waals surface area contributed by atoms with Crippen LogP contribution in [0.2, 0.25) is 0 Å². The molecule has 31 heavy (non-hydrogen) atoms. The number of thioether (sulfide) groups is 1. The smallest absolute Gasteiger partial charge is 0.251 e. The molecule has 156 valence electrons. The van der Waals surface area contributed by atoms with Crippen LogP contribution in [0, 0.1) is 0 Å². The molecule has 0 radical (unpaired) electrons. The highest BCUT2D eigenvalue weighted by Gasteiger charge is 2.13. The summed E-state index contributed by atoms with van der Waals surface area (Å²) in [7, 11) is 1.81. The predicted molar refractivity (Wildman–Crippen MR) is 122 cm³/mol. The summed E-state index contributed by atoms with van der Waals surface area (Å²) < 4.78 is 1.78. The number of nitrogens with one attached hydrogen (secondary N) is 2. The Morgan fingerprint density at radius 3 is 2.52 bits per heavy atom. The number of carbonyl (C=O) groups excluding carboxylic acids is 2. The van der Waals surface area contributed by atoms with Gasteiger partial charge in [-0.1, -0.05) is 66.4 Å². The van der Waals surface area contributed by atoms with Gasteiger partial charge in [0, 0.05) is 23.7 Å². The van der Waals surface area contributed by atoms with Crippen LogP contribution in [0.25, 0.3) is 10.8 Å². The van der Waals surface area contributed by atoms with Gasteiger partial charge in [-0.3, -0.25) is 9.59 Å². The normalized spacial score (nSPS) is 10.7. The van der Waals surface area contributed by atoms with Crippen molar-refractivity contribution in [3.8, 4) is 0 Å². The zero-order valence-electron chi connectivity index (χ0n) is 16.9. The third-order valence-corrected chi connectivity index (χ3v) is 5.78. The molecule has 4 aromatic rings. The van der Waals surface area contributed by atoms with Crippen molar-refractivity contribution in [1.82, 2.24) is 20.1 Å². The van der Waals surface area contributed by atoms with Crippen molar-refractivity contribution in [3.05, 3.63) is 84.2 Å². The molecule has 0 saturated heterocycles. The van der Waals surface area contributed by atoms with Crippen molar-refractivity contribution in [2.75, 3.05) is 11.1 Å². The van der Waals surface area contributed by atoms with Crippen molar-refractivity contribution < 1.29 is 9.59 Å². The molecule has 0 saturated carbocycles. The van der Waals surface area contributed by atoms with E-state index in [1.807, 2.05) is 67.7 Å². The highest BCUT2D eigenvalue weighted by Crippen LogP contribution is 2.23. The number of rotatable bonds is 7. The minimum atomic E-state index is -0.174. The van der Waals surface area contributed by atoms with Gasteiger partial charge in [-0.25, -0.2) is 0 Å². The molecule has 2 N–H and O–H groups in total. The molecule has 3 aromatic carbocycles. The topological polar surface area (TPSA) is 88.9 Å². The summed E-state index contributed by atoms with van der Waals surface area (Å²) in [5.41, 5.74) is 1.37. The number of hydrogen-bond acceptors (Lipinski definition) is 5. The van der Waals surface area contributed by atoms with Gasteiger partial charge in [0.1, 0.15) is 0 Å². The van der Waals surface area contributed by atoms with Crippen molar-refractivity contribution >= 4 is 40.0 Å². The van der Waals surface area contributed by atoms with Crippen LogP contribution < -0.4 is 10.6 Å². The molecular weight excluding hydrogens is 410 g/mol. The second kappa shape index (κ2) is 9.44. The molecule has 7 nitrogen and oxygen atoms in total. The molecule has 2 amide bonds. The Bertz CT molecular complexity index is 1220. The number of nitrogens with zero attached hydrogens (tertiary/aromatic N) is 3. The minimum Gasteiger partial charge on any atom is -0.345 e. The first-order chi connectivity index (χ1) is 15.1. The van der Waals surface area contributed by atoms with Crippen molar-refractivity contribution in [2.24, 2.45) is 7.05 Å². The van der Waals surface area contributed by atoms with E-state index in [9.17, 15) is 9.59 Å². The van der Waals surface area contributed by atoms with E-state index < -0.39 is 0 Å². The van der Waals surface area contributed by atoms with Crippen LogP contribution in [0.5, 0.6) is 0 Å². The minimum absolute atomic E-state index is 0.122. The summed E-state index contributed by atoms with van der Waals surface area (Å²) in [6.07, 6.45) is 0. The molecule has 0 spiro atoms. The highest BCUT2D eigenvalue weighted by atomic mass is 32.2. The van der Waals surface area contributed by atoms with Gasteiger partial charge in [0.2, 0.25) is 5.91 Å². The van der Waals surface area contributed by atoms with E-state index >= 15 is 0 Å². The first-order valence-electron chi connectivity index (χ1n) is 9.74. The fraction of sp³-hybridized carbons (Fsp3) is 0.130. The van der Waals surface area contributed by atoms with Crippen LogP contribution in [0.1, 0.15) is 16.2 Å². The average molecular weight is 432 g/mol. The van der Waals surface area contributed by atoms with E-state index in [1.54, 1.807) is 16.7 Å². The first-order valence-corrected chi connectivity index (χ1v) is 10.7. The van der Waals surface area contributed by atoms with Crippen molar-refractivity contribution in [3.63, 3.8) is 0 Å². The Morgan fingerprint density at radius 1 is 0.935 bits per heavy atom. The highest BCUT2D eigenvalue weighted by molar-refractivity contribution is 7.99. The first kappa shape index (κ1) is 20.6. The maximum absolute atomic E-state index is 12.5. The molecule has 1 heterocycles. The fourth-order valence-corrected chi connectivity index (χ4v) is 3.86. The van der Waals surface area contributed by atoms with Gasteiger partial charge in [-0.05, 0) is 23.6 Å². The summed E-state index contributed by atoms with van der Waals surface area (Å²) in [5, 5.41) is 16.7. The Morgan fingerprint density at radius 2 is 1.68 bits per heavy atom. The van der Waals surface area contributed by atoms with E-state index in [1.165, 1.54) is 11.8 Å². The zero-order chi connectivity index (χ0) is 21.6. The van der Waals surface area contributed by atoms with E-state index in [0.29, 0.717) is 16.5 Å². The second-order valence-corrected chi connectivity index (χ2v) is 7.81. The summed E-state index contributed by atoms with van der Waals surface area (Å²) in [6, 6.07) is 22.7. The lowest BCUT2D eigenvalue weighted by molar-refractivity contribution is -0.113. The van der Waals surface area contributed by atoms with Crippen LogP contribution in [0.15, 0.2) is 78.0 Å². The van der Waals surface area contributed by atoms with Crippen molar-refractivity contribution in [2.45, 2.75) is 11.7 Å². The summed E-state index contributed by atoms with van der Waals surface area (Å²) >= 11 is 1.30. The lowest BCUT2D eigenvalue weighted by Crippen LogP contribution is -2.24. The second-order valence-electron chi connectivity index (χ2n) is 6.87. The molecule has 1 aromatic heterocycles. The van der Waals surface area contributed by atoms with Crippen LogP contribution in [-0.2, 0) is 18.4 Å². The number of amides is 2. The standard InChI is InChI=1S/C23H21N5O2S/c1-28-20(14-24-22(30)17-9-3-2-4-10-17)26-27-23(28)31-15-21(29)25-19-13-7-11-16-8-5-6-12-18(16)19/h2-13H,14-15H2,1H3,(H,24,30)(H,25,29). The number of anilines is 1. The molecule has 0 unspecified atom stereocenters. The number of fused-ring (bicyclic) bond motifs is 1. The Kier molecular flexibility index (Phi) is 6.28. The van der Waals surface area contributed by atoms with E-state index in [4.69, 9.17) is 0 Å². The summed E-state index contributed by atoms with van der Waals surface area (Å²) in [6.45, 7) is 0.250. The van der Waals surface area contributed by atoms with Gasteiger partial charge >= 0.3 is 0 Å². The Balaban J connectivity index is 1.33. The summed E-state index contributed by atoms with van der Waals surface area (Å²) in [5.74, 6) is 0.516. The number of hydrogen-bond donors (Lipinski definition) is 2. The maximum atomic E-state index is 12.5. The third-order valence-electron chi connectivity index (χ3n) is 4.76. The lowest BCUT2D eigenvalue weighted by atomic mass is 10.1. The van der Waals surface area contributed by atoms with Crippen molar-refractivity contribution in [1.29, 1.82) is 0 Å². The largest absolute Gasteiger partial charge is 0.345 e. The van der Waals surface area contributed by atoms with Gasteiger partial charge in [0.05, 0.1) is 12.3 Å². The van der Waals surface area contributed by atoms with Crippen LogP contribution in [0.4, 0.5) is 5.69 Å². The van der Waals surface area contributed by atoms with Crippen LogP contribution in [-0.4, -0.2) is 32.3 Å². The van der Waals surface area contributed by atoms with E-state index in [2.05, 4.69) is 20.8 Å². The molecular formula is C23H21N5O2S. The predicted octanol–water partition coefficient (Wildman–Crippen LogP) is 3.63. The quantitative estimate of drug-likeness (QED) is 0.436. The molecule has 8 heteroatoms. The molecule has 0 aliphatic rings. The number of carbonyl (C=O) groups is 2. The third kappa shape index (κ3) is 4.92. The molecule has 0 bridgehead atoms. The van der Waals surface area contributed by atoms with Gasteiger partial charge in [-0.2, -0.15) is 0 Å². The van der Waals surface area contributed by atoms with E-state index in [0.717, 1.165) is 16.5 Å². The zero-order valence-corrected chi connectivity index (χ0v) is 17.7. The van der Waals surface area contributed by atoms with Gasteiger partial charge in [-0.15, -0.1) is 10.2 Å². The fourth-order valence-electron chi connectivity index (χ4n) is 3.13. The van der Waals surface area contributed by atoms with Gasteiger partial charge in [0.15, 0.2) is 11.0 Å². The Hall–Kier alpha value is -3.65. The monoisotopic (exact) mass is 431 g/mol. The number of aromatic nitrogens is 3. The Labute approximate surface area is 183 Å². The molecule has 4 rings (SSSR count). The SMILES string of the molecule is Cn1c(CNC(=O)c2ccccc2)nnc1SCC(=O)Nc1cccc2ccccc12. The molecule has 0 atom stereocenters. The molecule has 0 fully saturated rings. The molecule has 0 aliphatic carbocycles.